The van der Waals surface area contributed by atoms with E-state index in [0.717, 1.165) is 65.2 Å². The Morgan fingerprint density at radius 3 is 2.79 bits per heavy atom. The van der Waals surface area contributed by atoms with Crippen molar-refractivity contribution < 1.29 is 18.0 Å². The van der Waals surface area contributed by atoms with Gasteiger partial charge >= 0.3 is 6.18 Å². The smallest absolute Gasteiger partial charge is 0.345 e. The molecule has 2 aromatic heterocycles. The van der Waals surface area contributed by atoms with Crippen LogP contribution < -0.4 is 5.32 Å². The van der Waals surface area contributed by atoms with Crippen molar-refractivity contribution in [3.63, 3.8) is 0 Å². The molecule has 33 heavy (non-hydrogen) atoms. The molecule has 4 aromatic rings. The van der Waals surface area contributed by atoms with Crippen molar-refractivity contribution in [2.24, 2.45) is 0 Å². The number of aryl methyl sites for hydroxylation is 1. The van der Waals surface area contributed by atoms with Crippen LogP contribution in [0.25, 0.3) is 22.3 Å². The molecule has 0 bridgehead atoms. The zero-order valence-corrected chi connectivity index (χ0v) is 17.8. The molecule has 2 aromatic carbocycles. The van der Waals surface area contributed by atoms with Crippen LogP contribution in [0, 0.1) is 0 Å². The quantitative estimate of drug-likeness (QED) is 0.413. The number of carbonyl (C=O) groups is 1. The second kappa shape index (κ2) is 8.15. The lowest BCUT2D eigenvalue weighted by Gasteiger charge is -2.27. The predicted octanol–water partition coefficient (Wildman–Crippen LogP) is 5.50. The average molecular weight is 472 g/mol. The highest BCUT2D eigenvalue weighted by Crippen LogP contribution is 2.36. The number of hydrogen-bond donors (Lipinski definition) is 2. The topological polar surface area (TPSA) is 83.6 Å². The Hall–Kier alpha value is -3.46. The van der Waals surface area contributed by atoms with Crippen molar-refractivity contribution in [1.29, 1.82) is 0 Å². The molecule has 6 nitrogen and oxygen atoms in total. The number of halogens is 4. The molecule has 1 aliphatic rings. The van der Waals surface area contributed by atoms with Crippen LogP contribution >= 0.6 is 11.6 Å². The summed E-state index contributed by atoms with van der Waals surface area (Å²) in [6.07, 6.45) is 1.03. The summed E-state index contributed by atoms with van der Waals surface area (Å²) >= 11 is 5.77. The molecule has 0 saturated carbocycles. The van der Waals surface area contributed by atoms with E-state index in [1.165, 1.54) is 6.33 Å². The van der Waals surface area contributed by atoms with Gasteiger partial charge < -0.3 is 5.32 Å². The molecule has 10 heteroatoms. The van der Waals surface area contributed by atoms with Crippen LogP contribution in [0.4, 0.5) is 13.2 Å². The van der Waals surface area contributed by atoms with Gasteiger partial charge in [-0.15, -0.1) is 0 Å². The van der Waals surface area contributed by atoms with E-state index < -0.39 is 22.7 Å². The van der Waals surface area contributed by atoms with E-state index in [-0.39, 0.29) is 11.6 Å². The van der Waals surface area contributed by atoms with Crippen LogP contribution in [0.2, 0.25) is 5.02 Å². The molecule has 0 radical (unpaired) electrons. The first kappa shape index (κ1) is 21.4. The molecular formula is C23H17ClF3N5O. The zero-order valence-electron chi connectivity index (χ0n) is 17.1. The number of aromatic nitrogens is 4. The highest BCUT2D eigenvalue weighted by molar-refractivity contribution is 6.31. The van der Waals surface area contributed by atoms with Gasteiger partial charge in [0.25, 0.3) is 5.91 Å². The lowest BCUT2D eigenvalue weighted by atomic mass is 9.86. The van der Waals surface area contributed by atoms with Crippen molar-refractivity contribution >= 4 is 28.5 Å². The fraction of sp³-hybridized carbons (Fsp3) is 0.217. The number of benzene rings is 2. The Kier molecular flexibility index (Phi) is 5.28. The number of nitrogens with one attached hydrogen (secondary N) is 2. The third-order valence-electron chi connectivity index (χ3n) is 5.82. The minimum absolute atomic E-state index is 0.0834. The molecule has 0 aliphatic heterocycles. The van der Waals surface area contributed by atoms with Gasteiger partial charge in [0.05, 0.1) is 33.9 Å². The summed E-state index contributed by atoms with van der Waals surface area (Å²) in [4.78, 5) is 21.3. The normalized spacial score (nSPS) is 15.9. The van der Waals surface area contributed by atoms with Crippen molar-refractivity contribution in [3.8, 4) is 11.3 Å². The van der Waals surface area contributed by atoms with Crippen LogP contribution in [-0.2, 0) is 12.6 Å². The Morgan fingerprint density at radius 2 is 2.00 bits per heavy atom. The maximum absolute atomic E-state index is 12.9. The Bertz CT molecular complexity index is 1370. The lowest BCUT2D eigenvalue weighted by molar-refractivity contribution is -0.137. The molecular weight excluding hydrogens is 455 g/mol. The standard InChI is InChI=1S/C23H17ClF3N5O/c24-18-9-14(5-7-17(18)23(25,26)27)22(33)31-19-3-1-2-12-8-13(4-6-15(12)19)20-16-10-30-32-21(16)29-11-28-20/h4-11,19H,1-3H2,(H,31,33)(H,28,29,30,32). The lowest BCUT2D eigenvalue weighted by Crippen LogP contribution is -2.31. The van der Waals surface area contributed by atoms with E-state index in [0.29, 0.717) is 5.65 Å². The highest BCUT2D eigenvalue weighted by Gasteiger charge is 2.33. The molecule has 1 amide bonds. The number of rotatable bonds is 3. The SMILES string of the molecule is O=C(NC1CCCc2cc(-c3ncnc4[nH]ncc34)ccc21)c1ccc(C(F)(F)F)c(Cl)c1. The minimum Gasteiger partial charge on any atom is -0.345 e. The van der Waals surface area contributed by atoms with Crippen molar-refractivity contribution in [1.82, 2.24) is 25.5 Å². The minimum atomic E-state index is -4.57. The molecule has 1 atom stereocenters. The van der Waals surface area contributed by atoms with Gasteiger partial charge in [0.15, 0.2) is 5.65 Å². The van der Waals surface area contributed by atoms with Crippen LogP contribution in [0.15, 0.2) is 48.9 Å². The molecule has 2 N–H and O–H groups in total. The van der Waals surface area contributed by atoms with E-state index in [2.05, 4.69) is 31.5 Å². The first-order chi connectivity index (χ1) is 15.8. The predicted molar refractivity (Wildman–Crippen MR) is 117 cm³/mol. The molecule has 5 rings (SSSR count). The van der Waals surface area contributed by atoms with Gasteiger partial charge in [-0.05, 0) is 54.7 Å². The van der Waals surface area contributed by atoms with Gasteiger partial charge in [0.1, 0.15) is 6.33 Å². The van der Waals surface area contributed by atoms with Crippen LogP contribution in [0.3, 0.4) is 0 Å². The van der Waals surface area contributed by atoms with Crippen molar-refractivity contribution in [3.05, 3.63) is 76.2 Å². The third-order valence-corrected chi connectivity index (χ3v) is 6.13. The third kappa shape index (κ3) is 4.04. The number of amides is 1. The van der Waals surface area contributed by atoms with Gasteiger partial charge in [0.2, 0.25) is 0 Å². The zero-order chi connectivity index (χ0) is 23.2. The maximum Gasteiger partial charge on any atom is 0.417 e. The van der Waals surface area contributed by atoms with Crippen LogP contribution in [0.5, 0.6) is 0 Å². The number of aromatic amines is 1. The number of H-pyrrole nitrogens is 1. The maximum atomic E-state index is 12.9. The summed E-state index contributed by atoms with van der Waals surface area (Å²) < 4.78 is 38.8. The van der Waals surface area contributed by atoms with Gasteiger partial charge in [-0.3, -0.25) is 9.89 Å². The summed E-state index contributed by atoms with van der Waals surface area (Å²) in [7, 11) is 0. The average Bonchev–Trinajstić information content (AvgIpc) is 3.27. The molecule has 1 unspecified atom stereocenters. The summed E-state index contributed by atoms with van der Waals surface area (Å²) in [6.45, 7) is 0. The molecule has 1 aliphatic carbocycles. The van der Waals surface area contributed by atoms with E-state index in [4.69, 9.17) is 11.6 Å². The molecule has 0 saturated heterocycles. The van der Waals surface area contributed by atoms with E-state index in [1.54, 1.807) is 6.20 Å². The molecule has 0 fully saturated rings. The Labute approximate surface area is 191 Å². The summed E-state index contributed by atoms with van der Waals surface area (Å²) in [5.74, 6) is -0.469. The number of hydrogen-bond acceptors (Lipinski definition) is 4. The molecule has 0 spiro atoms. The van der Waals surface area contributed by atoms with Gasteiger partial charge in [-0.1, -0.05) is 23.7 Å². The fourth-order valence-electron chi connectivity index (χ4n) is 4.23. The monoisotopic (exact) mass is 471 g/mol. The second-order valence-electron chi connectivity index (χ2n) is 7.88. The summed E-state index contributed by atoms with van der Waals surface area (Å²) in [6, 6.07) is 8.72. The molecule has 2 heterocycles. The fourth-order valence-corrected chi connectivity index (χ4v) is 4.52. The van der Waals surface area contributed by atoms with Gasteiger partial charge in [-0.25, -0.2) is 9.97 Å². The Balaban J connectivity index is 1.41. The second-order valence-corrected chi connectivity index (χ2v) is 8.29. The molecule has 168 valence electrons. The summed E-state index contributed by atoms with van der Waals surface area (Å²) in [5, 5.41) is 10.1. The first-order valence-electron chi connectivity index (χ1n) is 10.3. The number of carbonyl (C=O) groups excluding carboxylic acids is 1. The van der Waals surface area contributed by atoms with Gasteiger partial charge in [-0.2, -0.15) is 18.3 Å². The first-order valence-corrected chi connectivity index (χ1v) is 10.6. The summed E-state index contributed by atoms with van der Waals surface area (Å²) in [5.41, 5.74) is 3.52. The number of alkyl halides is 3. The van der Waals surface area contributed by atoms with E-state index >= 15 is 0 Å². The van der Waals surface area contributed by atoms with Gasteiger partial charge in [0, 0.05) is 11.1 Å². The van der Waals surface area contributed by atoms with Crippen LogP contribution in [-0.4, -0.2) is 26.1 Å². The Morgan fingerprint density at radius 1 is 1.15 bits per heavy atom. The number of fused-ring (bicyclic) bond motifs is 2. The van der Waals surface area contributed by atoms with Crippen molar-refractivity contribution in [2.75, 3.05) is 0 Å². The number of nitrogens with zero attached hydrogens (tertiary/aromatic N) is 3. The van der Waals surface area contributed by atoms with E-state index in [1.807, 2.05) is 12.1 Å². The highest BCUT2D eigenvalue weighted by atomic mass is 35.5. The van der Waals surface area contributed by atoms with E-state index in [9.17, 15) is 18.0 Å². The van der Waals surface area contributed by atoms with Crippen LogP contribution in [0.1, 0.15) is 45.9 Å². The van der Waals surface area contributed by atoms with Crippen molar-refractivity contribution in [2.45, 2.75) is 31.5 Å². The largest absolute Gasteiger partial charge is 0.417 e.